The Balaban J connectivity index is 2.16. The third-order valence-corrected chi connectivity index (χ3v) is 3.54. The first-order valence-corrected chi connectivity index (χ1v) is 6.55. The highest BCUT2D eigenvalue weighted by molar-refractivity contribution is 9.09. The van der Waals surface area contributed by atoms with Crippen molar-refractivity contribution < 1.29 is 4.42 Å². The molecule has 0 fully saturated rings. The molecule has 1 aromatic heterocycles. The van der Waals surface area contributed by atoms with Crippen LogP contribution < -0.4 is 0 Å². The van der Waals surface area contributed by atoms with Gasteiger partial charge in [-0.05, 0) is 36.5 Å². The minimum absolute atomic E-state index is 0.512. The fourth-order valence-corrected chi connectivity index (χ4v) is 2.48. The van der Waals surface area contributed by atoms with Crippen LogP contribution in [0.1, 0.15) is 22.6 Å². The standard InChI is InChI=1S/C14H15BrO/c1-11-3-2-4-13(7-11)14(9-15)8-12-5-6-16-10-12/h2-7,10,14H,8-9H2,1H3. The van der Waals surface area contributed by atoms with E-state index in [0.29, 0.717) is 5.92 Å². The fraction of sp³-hybridized carbons (Fsp3) is 0.286. The van der Waals surface area contributed by atoms with Crippen LogP contribution in [0.4, 0.5) is 0 Å². The summed E-state index contributed by atoms with van der Waals surface area (Å²) in [5, 5.41) is 0.974. The molecule has 0 bridgehead atoms. The van der Waals surface area contributed by atoms with Gasteiger partial charge in [0.1, 0.15) is 0 Å². The first-order valence-electron chi connectivity index (χ1n) is 5.43. The van der Waals surface area contributed by atoms with Gasteiger partial charge in [0.15, 0.2) is 0 Å². The van der Waals surface area contributed by atoms with Crippen LogP contribution in [0.25, 0.3) is 0 Å². The number of hydrogen-bond donors (Lipinski definition) is 0. The maximum Gasteiger partial charge on any atom is 0.0934 e. The molecule has 0 N–H and O–H groups in total. The van der Waals surface area contributed by atoms with Crippen molar-refractivity contribution in [2.75, 3.05) is 5.33 Å². The molecule has 0 aliphatic carbocycles. The van der Waals surface area contributed by atoms with Crippen LogP contribution in [0.3, 0.4) is 0 Å². The Kier molecular flexibility index (Phi) is 3.83. The van der Waals surface area contributed by atoms with Crippen LogP contribution in [-0.4, -0.2) is 5.33 Å². The Morgan fingerprint density at radius 3 is 2.81 bits per heavy atom. The Morgan fingerprint density at radius 2 is 2.19 bits per heavy atom. The number of halogens is 1. The average molecular weight is 279 g/mol. The lowest BCUT2D eigenvalue weighted by Crippen LogP contribution is -2.04. The number of furan rings is 1. The molecule has 0 spiro atoms. The summed E-state index contributed by atoms with van der Waals surface area (Å²) in [7, 11) is 0. The molecule has 1 atom stereocenters. The van der Waals surface area contributed by atoms with Gasteiger partial charge in [-0.3, -0.25) is 0 Å². The molecule has 2 rings (SSSR count). The second-order valence-electron chi connectivity index (χ2n) is 4.10. The molecule has 1 heterocycles. The van der Waals surface area contributed by atoms with E-state index >= 15 is 0 Å². The van der Waals surface area contributed by atoms with Crippen LogP contribution in [-0.2, 0) is 6.42 Å². The van der Waals surface area contributed by atoms with Crippen molar-refractivity contribution in [1.29, 1.82) is 0 Å². The van der Waals surface area contributed by atoms with E-state index in [1.54, 1.807) is 6.26 Å². The van der Waals surface area contributed by atoms with Gasteiger partial charge in [0.05, 0.1) is 12.5 Å². The highest BCUT2D eigenvalue weighted by Gasteiger charge is 2.11. The smallest absolute Gasteiger partial charge is 0.0934 e. The normalized spacial score (nSPS) is 12.6. The number of alkyl halides is 1. The van der Waals surface area contributed by atoms with Crippen molar-refractivity contribution in [1.82, 2.24) is 0 Å². The van der Waals surface area contributed by atoms with Crippen molar-refractivity contribution >= 4 is 15.9 Å². The van der Waals surface area contributed by atoms with Crippen LogP contribution in [0.5, 0.6) is 0 Å². The minimum Gasteiger partial charge on any atom is -0.472 e. The topological polar surface area (TPSA) is 13.1 Å². The molecule has 1 nitrogen and oxygen atoms in total. The van der Waals surface area contributed by atoms with E-state index in [4.69, 9.17) is 4.42 Å². The summed E-state index contributed by atoms with van der Waals surface area (Å²) in [5.41, 5.74) is 3.96. The Hall–Kier alpha value is -1.02. The molecule has 2 aromatic rings. The zero-order valence-electron chi connectivity index (χ0n) is 9.32. The second-order valence-corrected chi connectivity index (χ2v) is 4.75. The van der Waals surface area contributed by atoms with Gasteiger partial charge >= 0.3 is 0 Å². The van der Waals surface area contributed by atoms with E-state index in [0.717, 1.165) is 11.8 Å². The average Bonchev–Trinajstić information content (AvgIpc) is 2.78. The first kappa shape index (κ1) is 11.5. The molecule has 16 heavy (non-hydrogen) atoms. The Labute approximate surface area is 105 Å². The van der Waals surface area contributed by atoms with Crippen molar-refractivity contribution in [3.8, 4) is 0 Å². The molecule has 0 radical (unpaired) electrons. The highest BCUT2D eigenvalue weighted by Crippen LogP contribution is 2.23. The Bertz CT molecular complexity index is 434. The quantitative estimate of drug-likeness (QED) is 0.760. The summed E-state index contributed by atoms with van der Waals surface area (Å²) >= 11 is 3.59. The van der Waals surface area contributed by atoms with Crippen molar-refractivity contribution in [2.45, 2.75) is 19.3 Å². The van der Waals surface area contributed by atoms with E-state index in [9.17, 15) is 0 Å². The molecule has 0 aliphatic rings. The van der Waals surface area contributed by atoms with Crippen LogP contribution in [0.15, 0.2) is 47.3 Å². The second kappa shape index (κ2) is 5.35. The van der Waals surface area contributed by atoms with Crippen LogP contribution >= 0.6 is 15.9 Å². The SMILES string of the molecule is Cc1cccc(C(CBr)Cc2ccoc2)c1. The van der Waals surface area contributed by atoms with Crippen molar-refractivity contribution in [3.63, 3.8) is 0 Å². The maximum atomic E-state index is 5.10. The zero-order valence-corrected chi connectivity index (χ0v) is 10.9. The summed E-state index contributed by atoms with van der Waals surface area (Å²) in [6.07, 6.45) is 4.58. The van der Waals surface area contributed by atoms with Gasteiger partial charge in [-0.2, -0.15) is 0 Å². The van der Waals surface area contributed by atoms with Gasteiger partial charge in [-0.15, -0.1) is 0 Å². The van der Waals surface area contributed by atoms with Gasteiger partial charge < -0.3 is 4.42 Å². The van der Waals surface area contributed by atoms with Gasteiger partial charge in [-0.1, -0.05) is 45.8 Å². The van der Waals surface area contributed by atoms with Crippen molar-refractivity contribution in [3.05, 3.63) is 59.5 Å². The molecular weight excluding hydrogens is 264 g/mol. The van der Waals surface area contributed by atoms with Crippen LogP contribution in [0.2, 0.25) is 0 Å². The summed E-state index contributed by atoms with van der Waals surface area (Å²) < 4.78 is 5.10. The molecular formula is C14H15BrO. The largest absolute Gasteiger partial charge is 0.472 e. The van der Waals surface area contributed by atoms with E-state index in [1.165, 1.54) is 16.7 Å². The van der Waals surface area contributed by atoms with Crippen molar-refractivity contribution in [2.24, 2.45) is 0 Å². The molecule has 0 amide bonds. The maximum absolute atomic E-state index is 5.10. The number of rotatable bonds is 4. The molecule has 84 valence electrons. The van der Waals surface area contributed by atoms with Gasteiger partial charge in [-0.25, -0.2) is 0 Å². The number of benzene rings is 1. The lowest BCUT2D eigenvalue weighted by molar-refractivity contribution is 0.562. The molecule has 2 heteroatoms. The van der Waals surface area contributed by atoms with Crippen LogP contribution in [0, 0.1) is 6.92 Å². The first-order chi connectivity index (χ1) is 7.79. The van der Waals surface area contributed by atoms with Gasteiger partial charge in [0.25, 0.3) is 0 Å². The lowest BCUT2D eigenvalue weighted by Gasteiger charge is -2.14. The molecule has 0 saturated carbocycles. The van der Waals surface area contributed by atoms with E-state index < -0.39 is 0 Å². The Morgan fingerprint density at radius 1 is 1.31 bits per heavy atom. The number of hydrogen-bond acceptors (Lipinski definition) is 1. The summed E-state index contributed by atoms with van der Waals surface area (Å²) in [4.78, 5) is 0. The third kappa shape index (κ3) is 2.76. The third-order valence-electron chi connectivity index (χ3n) is 2.76. The molecule has 1 unspecified atom stereocenters. The summed E-state index contributed by atoms with van der Waals surface area (Å²) in [6, 6.07) is 10.7. The van der Waals surface area contributed by atoms with E-state index in [2.05, 4.69) is 47.1 Å². The predicted octanol–water partition coefficient (Wildman–Crippen LogP) is 4.31. The zero-order chi connectivity index (χ0) is 11.4. The minimum atomic E-state index is 0.512. The highest BCUT2D eigenvalue weighted by atomic mass is 79.9. The fourth-order valence-electron chi connectivity index (χ4n) is 1.88. The number of aryl methyl sites for hydroxylation is 1. The monoisotopic (exact) mass is 278 g/mol. The van der Waals surface area contributed by atoms with E-state index in [-0.39, 0.29) is 0 Å². The lowest BCUT2D eigenvalue weighted by atomic mass is 9.94. The summed E-state index contributed by atoms with van der Waals surface area (Å²) in [5.74, 6) is 0.512. The molecule has 0 saturated heterocycles. The van der Waals surface area contributed by atoms with Gasteiger partial charge in [0, 0.05) is 5.33 Å². The summed E-state index contributed by atoms with van der Waals surface area (Å²) in [6.45, 7) is 2.13. The predicted molar refractivity (Wildman–Crippen MR) is 70.1 cm³/mol. The molecule has 0 aliphatic heterocycles. The van der Waals surface area contributed by atoms with Gasteiger partial charge in [0.2, 0.25) is 0 Å². The molecule has 1 aromatic carbocycles. The van der Waals surface area contributed by atoms with E-state index in [1.807, 2.05) is 12.3 Å².